The van der Waals surface area contributed by atoms with Crippen molar-refractivity contribution in [1.82, 2.24) is 0 Å². The smallest absolute Gasteiger partial charge is 0.0446 e. The lowest BCUT2D eigenvalue weighted by Gasteiger charge is -2.10. The summed E-state index contributed by atoms with van der Waals surface area (Å²) in [6, 6.07) is 14.3. The molecule has 0 saturated carbocycles. The summed E-state index contributed by atoms with van der Waals surface area (Å²) in [5.74, 6) is 0.874. The topological polar surface area (TPSA) is 26.0 Å². The van der Waals surface area contributed by atoms with E-state index >= 15 is 0 Å². The Labute approximate surface area is 131 Å². The Balaban J connectivity index is 2.13. The highest BCUT2D eigenvalue weighted by molar-refractivity contribution is 9.10. The average molecular weight is 357 g/mol. The van der Waals surface area contributed by atoms with Crippen molar-refractivity contribution in [3.8, 4) is 0 Å². The van der Waals surface area contributed by atoms with E-state index in [4.69, 9.17) is 17.3 Å². The molecule has 1 nitrogen and oxygen atoms in total. The second kappa shape index (κ2) is 7.34. The molecule has 0 aliphatic rings. The highest BCUT2D eigenvalue weighted by atomic mass is 79.9. The molecule has 0 fully saturated rings. The Morgan fingerprint density at radius 1 is 1.11 bits per heavy atom. The van der Waals surface area contributed by atoms with Crippen LogP contribution in [0.4, 0.5) is 0 Å². The number of halogens is 2. The summed E-state index contributed by atoms with van der Waals surface area (Å²) >= 11 is 11.5. The molecule has 2 aromatic carbocycles. The first kappa shape index (κ1) is 14.9. The van der Waals surface area contributed by atoms with E-state index in [1.165, 1.54) is 10.5 Å². The summed E-state index contributed by atoms with van der Waals surface area (Å²) in [4.78, 5) is 1.27. The van der Waals surface area contributed by atoms with E-state index in [2.05, 4.69) is 40.2 Å². The summed E-state index contributed by atoms with van der Waals surface area (Å²) < 4.78 is 1.10. The van der Waals surface area contributed by atoms with Crippen molar-refractivity contribution in [2.45, 2.75) is 17.1 Å². The van der Waals surface area contributed by atoms with Crippen molar-refractivity contribution < 1.29 is 0 Å². The molecule has 0 saturated heterocycles. The van der Waals surface area contributed by atoms with Crippen LogP contribution < -0.4 is 5.73 Å². The van der Waals surface area contributed by atoms with Crippen molar-refractivity contribution in [3.63, 3.8) is 0 Å². The van der Waals surface area contributed by atoms with Gasteiger partial charge in [0.1, 0.15) is 0 Å². The average Bonchev–Trinajstić information content (AvgIpc) is 2.40. The van der Waals surface area contributed by atoms with Crippen molar-refractivity contribution in [2.24, 2.45) is 5.73 Å². The minimum Gasteiger partial charge on any atom is -0.330 e. The molecule has 0 amide bonds. The molecule has 0 spiro atoms. The minimum absolute atomic E-state index is 0.663. The normalized spacial score (nSPS) is 10.7. The van der Waals surface area contributed by atoms with Crippen LogP contribution in [0.15, 0.2) is 51.8 Å². The van der Waals surface area contributed by atoms with Gasteiger partial charge in [0.2, 0.25) is 0 Å². The van der Waals surface area contributed by atoms with Crippen molar-refractivity contribution in [3.05, 3.63) is 63.1 Å². The summed E-state index contributed by atoms with van der Waals surface area (Å²) in [5.41, 5.74) is 8.11. The molecule has 100 valence electrons. The van der Waals surface area contributed by atoms with E-state index < -0.39 is 0 Å². The highest BCUT2D eigenvalue weighted by Gasteiger charge is 2.05. The first-order chi connectivity index (χ1) is 9.20. The van der Waals surface area contributed by atoms with Crippen LogP contribution in [0, 0.1) is 0 Å². The van der Waals surface area contributed by atoms with Gasteiger partial charge in [0, 0.05) is 20.1 Å². The molecule has 2 rings (SSSR count). The Bertz CT molecular complexity index is 560. The van der Waals surface area contributed by atoms with Crippen molar-refractivity contribution >= 4 is 39.3 Å². The van der Waals surface area contributed by atoms with Gasteiger partial charge in [-0.15, -0.1) is 11.8 Å². The number of hydrogen-bond donors (Lipinski definition) is 1. The van der Waals surface area contributed by atoms with Crippen molar-refractivity contribution in [1.29, 1.82) is 0 Å². The second-order valence-electron chi connectivity index (χ2n) is 4.17. The Morgan fingerprint density at radius 2 is 1.89 bits per heavy atom. The van der Waals surface area contributed by atoms with Crippen LogP contribution in [0.25, 0.3) is 0 Å². The minimum atomic E-state index is 0.663. The van der Waals surface area contributed by atoms with Crippen LogP contribution in [0.2, 0.25) is 5.02 Å². The zero-order chi connectivity index (χ0) is 13.7. The van der Waals surface area contributed by atoms with Gasteiger partial charge < -0.3 is 5.73 Å². The van der Waals surface area contributed by atoms with Gasteiger partial charge in [0.25, 0.3) is 0 Å². The van der Waals surface area contributed by atoms with Crippen LogP contribution in [0.1, 0.15) is 11.1 Å². The molecular weight excluding hydrogens is 342 g/mol. The van der Waals surface area contributed by atoms with Gasteiger partial charge in [0.15, 0.2) is 0 Å². The third-order valence-electron chi connectivity index (χ3n) is 2.78. The van der Waals surface area contributed by atoms with Gasteiger partial charge in [-0.3, -0.25) is 0 Å². The maximum atomic E-state index is 6.18. The molecule has 19 heavy (non-hydrogen) atoms. The molecule has 4 heteroatoms. The van der Waals surface area contributed by atoms with Crippen LogP contribution in [-0.4, -0.2) is 6.54 Å². The lowest BCUT2D eigenvalue weighted by molar-refractivity contribution is 0.943. The summed E-state index contributed by atoms with van der Waals surface area (Å²) in [6.45, 7) is 0.663. The Morgan fingerprint density at radius 3 is 2.63 bits per heavy atom. The monoisotopic (exact) mass is 355 g/mol. The maximum Gasteiger partial charge on any atom is 0.0446 e. The van der Waals surface area contributed by atoms with Gasteiger partial charge in [-0.05, 0) is 48.4 Å². The quantitative estimate of drug-likeness (QED) is 0.771. The van der Waals surface area contributed by atoms with Crippen LogP contribution in [0.5, 0.6) is 0 Å². The Kier molecular flexibility index (Phi) is 5.76. The summed E-state index contributed by atoms with van der Waals surface area (Å²) in [7, 11) is 0. The molecule has 0 aromatic heterocycles. The second-order valence-corrected chi connectivity index (χ2v) is 6.51. The van der Waals surface area contributed by atoms with E-state index in [1.54, 1.807) is 11.8 Å². The number of benzene rings is 2. The SMILES string of the molecule is NCCc1cc(Br)ccc1SCc1ccccc1Cl. The zero-order valence-electron chi connectivity index (χ0n) is 10.4. The van der Waals surface area contributed by atoms with E-state index in [0.717, 1.165) is 27.2 Å². The van der Waals surface area contributed by atoms with Gasteiger partial charge in [0.05, 0.1) is 0 Å². The molecule has 0 aliphatic carbocycles. The summed E-state index contributed by atoms with van der Waals surface area (Å²) in [5, 5.41) is 0.826. The third kappa shape index (κ3) is 4.25. The van der Waals surface area contributed by atoms with Crippen LogP contribution in [0.3, 0.4) is 0 Å². The zero-order valence-corrected chi connectivity index (χ0v) is 13.6. The molecule has 0 aliphatic heterocycles. The van der Waals surface area contributed by atoms with Gasteiger partial charge in [-0.1, -0.05) is 45.7 Å². The molecule has 0 bridgehead atoms. The molecule has 0 unspecified atom stereocenters. The molecule has 0 atom stereocenters. The summed E-state index contributed by atoms with van der Waals surface area (Å²) in [6.07, 6.45) is 0.893. The van der Waals surface area contributed by atoms with E-state index in [-0.39, 0.29) is 0 Å². The number of thioether (sulfide) groups is 1. The number of nitrogens with two attached hydrogens (primary N) is 1. The van der Waals surface area contributed by atoms with E-state index in [1.807, 2.05) is 18.2 Å². The predicted octanol–water partition coefficient (Wildman–Crippen LogP) is 4.90. The predicted molar refractivity (Wildman–Crippen MR) is 87.9 cm³/mol. The van der Waals surface area contributed by atoms with E-state index in [9.17, 15) is 0 Å². The van der Waals surface area contributed by atoms with Crippen LogP contribution >= 0.6 is 39.3 Å². The van der Waals surface area contributed by atoms with Gasteiger partial charge >= 0.3 is 0 Å². The first-order valence-electron chi connectivity index (χ1n) is 6.05. The maximum absolute atomic E-state index is 6.18. The molecule has 0 radical (unpaired) electrons. The lowest BCUT2D eigenvalue weighted by Crippen LogP contribution is -2.03. The Hall–Kier alpha value is -0.480. The van der Waals surface area contributed by atoms with Crippen molar-refractivity contribution in [2.75, 3.05) is 6.54 Å². The number of hydrogen-bond acceptors (Lipinski definition) is 2. The van der Waals surface area contributed by atoms with Crippen LogP contribution in [-0.2, 0) is 12.2 Å². The van der Waals surface area contributed by atoms with Gasteiger partial charge in [-0.2, -0.15) is 0 Å². The number of rotatable bonds is 5. The highest BCUT2D eigenvalue weighted by Crippen LogP contribution is 2.30. The molecular formula is C15H15BrClNS. The fourth-order valence-electron chi connectivity index (χ4n) is 1.81. The van der Waals surface area contributed by atoms with Gasteiger partial charge in [-0.25, -0.2) is 0 Å². The molecule has 0 heterocycles. The first-order valence-corrected chi connectivity index (χ1v) is 8.21. The standard InChI is InChI=1S/C15H15BrClNS/c16-13-5-6-15(11(9-13)7-8-18)19-10-12-3-1-2-4-14(12)17/h1-6,9H,7-8,10,18H2. The fraction of sp³-hybridized carbons (Fsp3) is 0.200. The molecule has 2 N–H and O–H groups in total. The molecule has 2 aromatic rings. The van der Waals surface area contributed by atoms with E-state index in [0.29, 0.717) is 6.54 Å². The lowest BCUT2D eigenvalue weighted by atomic mass is 10.1. The third-order valence-corrected chi connectivity index (χ3v) is 4.80. The fourth-order valence-corrected chi connectivity index (χ4v) is 3.57. The largest absolute Gasteiger partial charge is 0.330 e.